The number of hydrogen-bond donors (Lipinski definition) is 2. The maximum Gasteiger partial charge on any atom is 0.322 e. The number of esters is 1. The van der Waals surface area contributed by atoms with Gasteiger partial charge >= 0.3 is 11.9 Å². The second kappa shape index (κ2) is 43.5. The van der Waals surface area contributed by atoms with Gasteiger partial charge in [-0.05, 0) is 43.9 Å². The van der Waals surface area contributed by atoms with Crippen LogP contribution < -0.4 is 5.73 Å². The second-order valence-electron chi connectivity index (χ2n) is 18.2. The molecule has 0 rings (SSSR count). The molecule has 1 unspecified atom stereocenters. The van der Waals surface area contributed by atoms with E-state index in [0.717, 1.165) is 12.8 Å². The van der Waals surface area contributed by atoms with E-state index in [1.165, 1.54) is 250 Å². The molecular weight excluding hydrogens is 691 g/mol. The van der Waals surface area contributed by atoms with Crippen molar-refractivity contribution < 1.29 is 19.4 Å². The molecule has 5 nitrogen and oxygen atoms in total. The van der Waals surface area contributed by atoms with Gasteiger partial charge in [0.25, 0.3) is 0 Å². The molecule has 5 heteroatoms. The Labute approximate surface area is 351 Å². The average molecular weight is 792 g/mol. The molecule has 0 bridgehead atoms. The topological polar surface area (TPSA) is 89.6 Å². The molecule has 0 aliphatic carbocycles. The molecule has 0 heterocycles. The maximum atomic E-state index is 11.8. The zero-order chi connectivity index (χ0) is 41.1. The third-order valence-corrected chi connectivity index (χ3v) is 12.7. The number of aliphatic carboxylic acids is 1. The van der Waals surface area contributed by atoms with Gasteiger partial charge in [-0.15, -0.1) is 0 Å². The summed E-state index contributed by atoms with van der Waals surface area (Å²) in [6, 6.07) is -0.829. The van der Waals surface area contributed by atoms with E-state index in [2.05, 4.69) is 20.8 Å². The number of hydrogen-bond acceptors (Lipinski definition) is 4. The molecule has 3 N–H and O–H groups in total. The maximum absolute atomic E-state index is 11.8. The first-order chi connectivity index (χ1) is 27.4. The SMILES string of the molecule is CCCCCCCCCCCCC(CCCCCCCC)(CCCCCCCC)CCCCCCCCCCCCCCCCCOC(=O)C(N)CCC(=O)O. The predicted octanol–water partition coefficient (Wildman–Crippen LogP) is 16.8. The second-order valence-corrected chi connectivity index (χ2v) is 18.2. The average Bonchev–Trinajstić information content (AvgIpc) is 3.19. The number of rotatable bonds is 47. The van der Waals surface area contributed by atoms with Crippen LogP contribution in [-0.4, -0.2) is 29.7 Å². The van der Waals surface area contributed by atoms with E-state index >= 15 is 0 Å². The van der Waals surface area contributed by atoms with Crippen molar-refractivity contribution in [3.05, 3.63) is 0 Å². The largest absolute Gasteiger partial charge is 0.481 e. The van der Waals surface area contributed by atoms with Gasteiger partial charge in [0.2, 0.25) is 0 Å². The van der Waals surface area contributed by atoms with Gasteiger partial charge in [0.15, 0.2) is 0 Å². The number of nitrogens with two attached hydrogens (primary N) is 1. The zero-order valence-electron chi connectivity index (χ0n) is 38.4. The van der Waals surface area contributed by atoms with Gasteiger partial charge in [0.05, 0.1) is 6.61 Å². The molecule has 56 heavy (non-hydrogen) atoms. The summed E-state index contributed by atoms with van der Waals surface area (Å²) in [6.45, 7) is 7.39. The van der Waals surface area contributed by atoms with E-state index in [0.29, 0.717) is 12.0 Å². The molecule has 0 saturated heterocycles. The monoisotopic (exact) mass is 792 g/mol. The third-order valence-electron chi connectivity index (χ3n) is 12.7. The number of carbonyl (C=O) groups excluding carboxylic acids is 1. The molecule has 0 amide bonds. The van der Waals surface area contributed by atoms with Crippen molar-refractivity contribution in [2.24, 2.45) is 11.1 Å². The van der Waals surface area contributed by atoms with Gasteiger partial charge in [-0.1, -0.05) is 252 Å². The van der Waals surface area contributed by atoms with Crippen molar-refractivity contribution in [2.75, 3.05) is 6.61 Å². The molecule has 0 aromatic heterocycles. The molecule has 1 atom stereocenters. The minimum atomic E-state index is -0.938. The summed E-state index contributed by atoms with van der Waals surface area (Å²) < 4.78 is 5.20. The summed E-state index contributed by atoms with van der Waals surface area (Å²) in [6.07, 6.45) is 57.6. The van der Waals surface area contributed by atoms with E-state index in [-0.39, 0.29) is 12.8 Å². The summed E-state index contributed by atoms with van der Waals surface area (Å²) in [7, 11) is 0. The van der Waals surface area contributed by atoms with Crippen LogP contribution in [0.2, 0.25) is 0 Å². The molecule has 0 spiro atoms. The predicted molar refractivity (Wildman–Crippen MR) is 245 cm³/mol. The van der Waals surface area contributed by atoms with Gasteiger partial charge in [-0.3, -0.25) is 9.59 Å². The normalized spacial score (nSPS) is 12.4. The highest BCUT2D eigenvalue weighted by Crippen LogP contribution is 2.42. The van der Waals surface area contributed by atoms with Crippen molar-refractivity contribution in [3.8, 4) is 0 Å². The summed E-state index contributed by atoms with van der Waals surface area (Å²) in [4.78, 5) is 22.4. The van der Waals surface area contributed by atoms with Crippen LogP contribution in [-0.2, 0) is 14.3 Å². The number of carbonyl (C=O) groups is 2. The Kier molecular flexibility index (Phi) is 42.6. The van der Waals surface area contributed by atoms with Gasteiger partial charge < -0.3 is 15.6 Å². The lowest BCUT2D eigenvalue weighted by molar-refractivity contribution is -0.145. The Hall–Kier alpha value is -1.10. The summed E-state index contributed by atoms with van der Waals surface area (Å²) in [5, 5.41) is 8.71. The molecule has 334 valence electrons. The molecule has 0 radical (unpaired) electrons. The first kappa shape index (κ1) is 54.9. The number of carboxylic acid groups (broad SMARTS) is 1. The smallest absolute Gasteiger partial charge is 0.322 e. The van der Waals surface area contributed by atoms with Crippen LogP contribution >= 0.6 is 0 Å². The fourth-order valence-corrected chi connectivity index (χ4v) is 8.87. The first-order valence-corrected chi connectivity index (χ1v) is 25.5. The Balaban J connectivity index is 4.34. The van der Waals surface area contributed by atoms with E-state index in [9.17, 15) is 9.59 Å². The van der Waals surface area contributed by atoms with Crippen molar-refractivity contribution in [1.29, 1.82) is 0 Å². The summed E-state index contributed by atoms with van der Waals surface area (Å²) in [5.74, 6) is -1.41. The van der Waals surface area contributed by atoms with Gasteiger partial charge in [-0.25, -0.2) is 0 Å². The molecule has 0 aromatic rings. The summed E-state index contributed by atoms with van der Waals surface area (Å²) >= 11 is 0. The fourth-order valence-electron chi connectivity index (χ4n) is 8.87. The van der Waals surface area contributed by atoms with E-state index < -0.39 is 18.0 Å². The highest BCUT2D eigenvalue weighted by molar-refractivity contribution is 5.76. The van der Waals surface area contributed by atoms with E-state index in [4.69, 9.17) is 15.6 Å². The number of unbranched alkanes of at least 4 members (excludes halogenated alkanes) is 33. The van der Waals surface area contributed by atoms with Crippen LogP contribution in [0.1, 0.15) is 297 Å². The van der Waals surface area contributed by atoms with Crippen molar-refractivity contribution in [2.45, 2.75) is 303 Å². The van der Waals surface area contributed by atoms with Crippen LogP contribution in [0.5, 0.6) is 0 Å². The Morgan fingerprint density at radius 3 is 0.946 bits per heavy atom. The van der Waals surface area contributed by atoms with E-state index in [1.807, 2.05) is 0 Å². The first-order valence-electron chi connectivity index (χ1n) is 25.5. The van der Waals surface area contributed by atoms with Crippen LogP contribution in [0.4, 0.5) is 0 Å². The minimum Gasteiger partial charge on any atom is -0.481 e. The Bertz CT molecular complexity index is 800. The Morgan fingerprint density at radius 1 is 0.429 bits per heavy atom. The van der Waals surface area contributed by atoms with Crippen molar-refractivity contribution >= 4 is 11.9 Å². The molecule has 0 saturated carbocycles. The molecular formula is C51H101NO4. The zero-order valence-corrected chi connectivity index (χ0v) is 38.4. The highest BCUT2D eigenvalue weighted by Gasteiger charge is 2.28. The lowest BCUT2D eigenvalue weighted by atomic mass is 9.70. The van der Waals surface area contributed by atoms with Gasteiger partial charge in [0.1, 0.15) is 6.04 Å². The highest BCUT2D eigenvalue weighted by atomic mass is 16.5. The minimum absolute atomic E-state index is 0.102. The summed E-state index contributed by atoms with van der Waals surface area (Å²) in [5.41, 5.74) is 6.33. The molecule has 0 aromatic carbocycles. The lowest BCUT2D eigenvalue weighted by Crippen LogP contribution is -2.33. The van der Waals surface area contributed by atoms with Gasteiger partial charge in [0, 0.05) is 6.42 Å². The van der Waals surface area contributed by atoms with Gasteiger partial charge in [-0.2, -0.15) is 0 Å². The molecule has 0 aliphatic heterocycles. The van der Waals surface area contributed by atoms with Crippen LogP contribution in [0.3, 0.4) is 0 Å². The van der Waals surface area contributed by atoms with Crippen LogP contribution in [0.15, 0.2) is 0 Å². The fraction of sp³-hybridized carbons (Fsp3) is 0.961. The number of carboxylic acids is 1. The van der Waals surface area contributed by atoms with Crippen LogP contribution in [0, 0.1) is 5.41 Å². The lowest BCUT2D eigenvalue weighted by Gasteiger charge is -2.35. The van der Waals surface area contributed by atoms with Crippen molar-refractivity contribution in [1.82, 2.24) is 0 Å². The quantitative estimate of drug-likeness (QED) is 0.0473. The van der Waals surface area contributed by atoms with Crippen molar-refractivity contribution in [3.63, 3.8) is 0 Å². The van der Waals surface area contributed by atoms with Crippen LogP contribution in [0.25, 0.3) is 0 Å². The molecule has 0 fully saturated rings. The Morgan fingerprint density at radius 2 is 0.679 bits per heavy atom. The van der Waals surface area contributed by atoms with E-state index in [1.54, 1.807) is 0 Å². The third kappa shape index (κ3) is 38.4. The standard InChI is InChI=1S/C51H101NO4/c1-4-7-10-13-16-17-25-28-33-38-45-51(43-36-31-14-11-8-5-2,44-37-32-15-12-9-6-3)46-39-34-29-26-23-21-19-18-20-22-24-27-30-35-40-47-56-50(55)48(52)41-42-49(53)54/h48H,4-47,52H2,1-3H3,(H,53,54). The number of ether oxygens (including phenoxy) is 1. The molecule has 0 aliphatic rings.